The van der Waals surface area contributed by atoms with E-state index in [-0.39, 0.29) is 6.61 Å². The molecule has 9 heteroatoms. The first-order valence-electron chi connectivity index (χ1n) is 5.25. The number of carbonyl (C=O) groups excluding carboxylic acids is 2. The van der Waals surface area contributed by atoms with Gasteiger partial charge in [-0.05, 0) is 6.92 Å². The first kappa shape index (κ1) is 20.3. The summed E-state index contributed by atoms with van der Waals surface area (Å²) >= 11 is 0. The van der Waals surface area contributed by atoms with Crippen LogP contribution in [0, 0.1) is 0 Å². The van der Waals surface area contributed by atoms with E-state index in [0.717, 1.165) is 0 Å². The molecular formula is C10H20O8S. The van der Waals surface area contributed by atoms with Crippen molar-refractivity contribution in [3.05, 3.63) is 0 Å². The maximum atomic E-state index is 10.8. The molecule has 0 bridgehead atoms. The predicted octanol–water partition coefficient (Wildman–Crippen LogP) is -2.20. The summed E-state index contributed by atoms with van der Waals surface area (Å²) < 4.78 is 18.5. The van der Waals surface area contributed by atoms with Crippen LogP contribution in [0.4, 0.5) is 0 Å². The van der Waals surface area contributed by atoms with E-state index < -0.39 is 48.2 Å². The van der Waals surface area contributed by atoms with Gasteiger partial charge in [0.25, 0.3) is 0 Å². The smallest absolute Gasteiger partial charge is 0.334 e. The molecule has 0 amide bonds. The average molecular weight is 300 g/mol. The molecule has 2 atom stereocenters. The van der Waals surface area contributed by atoms with E-state index in [9.17, 15) is 13.8 Å². The number of esters is 2. The Morgan fingerprint density at radius 2 is 1.74 bits per heavy atom. The van der Waals surface area contributed by atoms with Crippen LogP contribution in [-0.2, 0) is 29.9 Å². The van der Waals surface area contributed by atoms with Gasteiger partial charge in [-0.25, -0.2) is 9.59 Å². The van der Waals surface area contributed by atoms with Gasteiger partial charge in [-0.2, -0.15) is 0 Å². The summed E-state index contributed by atoms with van der Waals surface area (Å²) in [6.07, 6.45) is 0.963. The van der Waals surface area contributed by atoms with Crippen LogP contribution in [0.5, 0.6) is 0 Å². The second kappa shape index (κ2) is 12.0. The summed E-state index contributed by atoms with van der Waals surface area (Å²) in [5, 5.41) is 25.8. The van der Waals surface area contributed by atoms with Crippen LogP contribution in [0.15, 0.2) is 0 Å². The molecule has 0 radical (unpaired) electrons. The molecule has 0 heterocycles. The average Bonchev–Trinajstić information content (AvgIpc) is 2.32. The van der Waals surface area contributed by atoms with Crippen molar-refractivity contribution in [2.24, 2.45) is 0 Å². The lowest BCUT2D eigenvalue weighted by Crippen LogP contribution is -2.31. The van der Waals surface area contributed by atoms with Crippen LogP contribution in [0.3, 0.4) is 0 Å². The third-order valence-electron chi connectivity index (χ3n) is 1.38. The molecular weight excluding hydrogens is 280 g/mol. The Hall–Kier alpha value is -1.03. The van der Waals surface area contributed by atoms with Gasteiger partial charge in [0.15, 0.2) is 6.10 Å². The van der Waals surface area contributed by atoms with Crippen molar-refractivity contribution in [2.45, 2.75) is 19.1 Å². The maximum absolute atomic E-state index is 10.8. The van der Waals surface area contributed by atoms with Gasteiger partial charge in [0, 0.05) is 23.3 Å². The zero-order valence-corrected chi connectivity index (χ0v) is 11.9. The lowest BCUT2D eigenvalue weighted by molar-refractivity contribution is -0.167. The highest BCUT2D eigenvalue weighted by atomic mass is 32.2. The summed E-state index contributed by atoms with van der Waals surface area (Å²) in [6, 6.07) is 0. The van der Waals surface area contributed by atoms with Crippen LogP contribution >= 0.6 is 0 Å². The second-order valence-corrected chi connectivity index (χ2v) is 4.98. The quantitative estimate of drug-likeness (QED) is 0.471. The molecule has 0 aromatic carbocycles. The van der Waals surface area contributed by atoms with Gasteiger partial charge >= 0.3 is 11.9 Å². The zero-order valence-electron chi connectivity index (χ0n) is 11.1. The number of ether oxygens (including phenoxy) is 2. The molecule has 8 nitrogen and oxygen atoms in total. The molecule has 0 saturated heterocycles. The largest absolute Gasteiger partial charge is 0.460 e. The van der Waals surface area contributed by atoms with E-state index >= 15 is 0 Å². The summed E-state index contributed by atoms with van der Waals surface area (Å²) in [5.41, 5.74) is 0. The first-order chi connectivity index (χ1) is 8.74. The first-order valence-corrected chi connectivity index (χ1v) is 7.22. The Balaban J connectivity index is 0. The van der Waals surface area contributed by atoms with E-state index in [1.54, 1.807) is 12.5 Å². The molecule has 19 heavy (non-hydrogen) atoms. The van der Waals surface area contributed by atoms with Gasteiger partial charge in [0.2, 0.25) is 0 Å². The van der Waals surface area contributed by atoms with Crippen LogP contribution in [0.2, 0.25) is 0 Å². The molecule has 0 saturated carbocycles. The molecule has 0 aliphatic rings. The molecule has 0 rings (SSSR count). The van der Waals surface area contributed by atoms with E-state index in [2.05, 4.69) is 9.47 Å². The van der Waals surface area contributed by atoms with Gasteiger partial charge in [-0.1, -0.05) is 0 Å². The van der Waals surface area contributed by atoms with Crippen molar-refractivity contribution >= 4 is 22.7 Å². The van der Waals surface area contributed by atoms with E-state index in [1.165, 1.54) is 6.92 Å². The Morgan fingerprint density at radius 3 is 2.05 bits per heavy atom. The van der Waals surface area contributed by atoms with Crippen LogP contribution in [-0.4, -0.2) is 76.0 Å². The molecule has 0 spiro atoms. The van der Waals surface area contributed by atoms with Gasteiger partial charge in [-0.3, -0.25) is 4.21 Å². The van der Waals surface area contributed by atoms with Crippen molar-refractivity contribution in [2.75, 3.05) is 32.3 Å². The van der Waals surface area contributed by atoms with Crippen molar-refractivity contribution in [3.8, 4) is 0 Å². The van der Waals surface area contributed by atoms with Crippen molar-refractivity contribution < 1.29 is 38.6 Å². The lowest BCUT2D eigenvalue weighted by atomic mass is 10.4. The Morgan fingerprint density at radius 1 is 1.26 bits per heavy atom. The second-order valence-electron chi connectivity index (χ2n) is 3.50. The molecule has 0 aromatic heterocycles. The minimum atomic E-state index is -1.28. The molecule has 2 unspecified atom stereocenters. The monoisotopic (exact) mass is 300 g/mol. The third-order valence-corrected chi connectivity index (χ3v) is 1.38. The highest BCUT2D eigenvalue weighted by Gasteiger charge is 2.17. The number of carbonyl (C=O) groups is 2. The fourth-order valence-corrected chi connectivity index (χ4v) is 0.643. The summed E-state index contributed by atoms with van der Waals surface area (Å²) in [5.74, 6) is -1.81. The Labute approximate surface area is 113 Å². The van der Waals surface area contributed by atoms with Gasteiger partial charge in [0.1, 0.15) is 19.3 Å². The molecule has 3 N–H and O–H groups in total. The highest BCUT2D eigenvalue weighted by Crippen LogP contribution is 1.96. The minimum Gasteiger partial charge on any atom is -0.460 e. The van der Waals surface area contributed by atoms with Crippen LogP contribution in [0.1, 0.15) is 6.92 Å². The molecule has 0 fully saturated rings. The topological polar surface area (TPSA) is 130 Å². The number of hydrogen-bond acceptors (Lipinski definition) is 8. The maximum Gasteiger partial charge on any atom is 0.334 e. The molecule has 0 aliphatic carbocycles. The lowest BCUT2D eigenvalue weighted by Gasteiger charge is -2.15. The van der Waals surface area contributed by atoms with Crippen molar-refractivity contribution in [1.29, 1.82) is 0 Å². The molecule has 114 valence electrons. The normalized spacial score (nSPS) is 13.0. The highest BCUT2D eigenvalue weighted by molar-refractivity contribution is 7.83. The zero-order chi connectivity index (χ0) is 15.4. The molecule has 0 aromatic rings. The summed E-state index contributed by atoms with van der Waals surface area (Å²) in [7, 11) is -0.611. The van der Waals surface area contributed by atoms with Crippen LogP contribution < -0.4 is 0 Å². The fourth-order valence-electron chi connectivity index (χ4n) is 0.643. The van der Waals surface area contributed by atoms with Gasteiger partial charge in [0.05, 0.1) is 6.61 Å². The number of aliphatic hydroxyl groups is 3. The van der Waals surface area contributed by atoms with Gasteiger partial charge < -0.3 is 24.8 Å². The number of aliphatic hydroxyl groups excluding tert-OH is 3. The van der Waals surface area contributed by atoms with E-state index in [4.69, 9.17) is 15.3 Å². The molecule has 0 aliphatic heterocycles. The van der Waals surface area contributed by atoms with Crippen molar-refractivity contribution in [1.82, 2.24) is 0 Å². The van der Waals surface area contributed by atoms with Crippen molar-refractivity contribution in [3.63, 3.8) is 0 Å². The van der Waals surface area contributed by atoms with Gasteiger partial charge in [-0.15, -0.1) is 0 Å². The van der Waals surface area contributed by atoms with E-state index in [0.29, 0.717) is 0 Å². The Bertz CT molecular complexity index is 287. The standard InChI is InChI=1S/C8H14O7.C2H6OS/c1-5(11)8(13)14-4-6(2-9)15-7(12)3-10;1-4(2)3/h5-6,9-11H,2-4H2,1H3;1-2H3. The number of rotatable bonds is 6. The number of hydrogen-bond donors (Lipinski definition) is 3. The summed E-state index contributed by atoms with van der Waals surface area (Å²) in [6.45, 7) is -0.512. The third kappa shape index (κ3) is 14.9. The fraction of sp³-hybridized carbons (Fsp3) is 0.800. The Kier molecular flexibility index (Phi) is 12.8. The summed E-state index contributed by atoms with van der Waals surface area (Å²) in [4.78, 5) is 21.4. The SMILES string of the molecule is CC(O)C(=O)OCC(CO)OC(=O)CO.CS(C)=O. The predicted molar refractivity (Wildman–Crippen MR) is 66.7 cm³/mol. The minimum absolute atomic E-state index is 0.369. The van der Waals surface area contributed by atoms with Crippen LogP contribution in [0.25, 0.3) is 0 Å². The van der Waals surface area contributed by atoms with E-state index in [1.807, 2.05) is 0 Å².